The van der Waals surface area contributed by atoms with Gasteiger partial charge in [0.15, 0.2) is 0 Å². The second-order valence-electron chi connectivity index (χ2n) is 5.50. The summed E-state index contributed by atoms with van der Waals surface area (Å²) >= 11 is 0. The fraction of sp³-hybridized carbons (Fsp3) is 0.158. The van der Waals surface area contributed by atoms with Gasteiger partial charge in [-0.3, -0.25) is 4.98 Å². The number of ether oxygens (including phenoxy) is 1. The lowest BCUT2D eigenvalue weighted by molar-refractivity contribution is 0.0601. The minimum atomic E-state index is -0.393. The number of aromatic nitrogens is 1. The van der Waals surface area contributed by atoms with Gasteiger partial charge in [0, 0.05) is 17.1 Å². The van der Waals surface area contributed by atoms with E-state index in [9.17, 15) is 9.18 Å². The summed E-state index contributed by atoms with van der Waals surface area (Å²) in [5, 5.41) is 1.86. The van der Waals surface area contributed by atoms with Crippen LogP contribution in [0.1, 0.15) is 21.5 Å². The number of esters is 1. The van der Waals surface area contributed by atoms with E-state index < -0.39 is 5.97 Å². The highest BCUT2D eigenvalue weighted by molar-refractivity contribution is 6.01. The Balaban J connectivity index is 2.31. The smallest absolute Gasteiger partial charge is 0.337 e. The summed E-state index contributed by atoms with van der Waals surface area (Å²) in [6, 6.07) is 10.0. The van der Waals surface area contributed by atoms with Crippen molar-refractivity contribution in [2.75, 3.05) is 7.11 Å². The topological polar surface area (TPSA) is 39.2 Å². The number of carbonyl (C=O) groups excluding carboxylic acids is 1. The number of hydrogen-bond donors (Lipinski definition) is 0. The Labute approximate surface area is 133 Å². The van der Waals surface area contributed by atoms with Crippen LogP contribution >= 0.6 is 0 Å². The van der Waals surface area contributed by atoms with E-state index in [2.05, 4.69) is 4.98 Å². The number of benzene rings is 2. The lowest BCUT2D eigenvalue weighted by Gasteiger charge is -2.12. The van der Waals surface area contributed by atoms with Crippen LogP contribution in [0, 0.1) is 19.7 Å². The fourth-order valence-electron chi connectivity index (χ4n) is 2.74. The molecule has 0 atom stereocenters. The molecule has 0 saturated carbocycles. The van der Waals surface area contributed by atoms with Crippen LogP contribution < -0.4 is 0 Å². The van der Waals surface area contributed by atoms with E-state index in [0.29, 0.717) is 5.56 Å². The van der Waals surface area contributed by atoms with Crippen molar-refractivity contribution < 1.29 is 13.9 Å². The van der Waals surface area contributed by atoms with Crippen molar-refractivity contribution in [3.8, 4) is 11.3 Å². The van der Waals surface area contributed by atoms with E-state index in [0.717, 1.165) is 33.2 Å². The molecule has 2 aromatic carbocycles. The molecule has 23 heavy (non-hydrogen) atoms. The van der Waals surface area contributed by atoms with Gasteiger partial charge in [-0.25, -0.2) is 9.18 Å². The minimum Gasteiger partial charge on any atom is -0.465 e. The number of aryl methyl sites for hydroxylation is 2. The lowest BCUT2D eigenvalue weighted by Crippen LogP contribution is -2.01. The molecule has 4 heteroatoms. The highest BCUT2D eigenvalue weighted by Gasteiger charge is 2.13. The predicted molar refractivity (Wildman–Crippen MR) is 88.0 cm³/mol. The molecule has 0 amide bonds. The highest BCUT2D eigenvalue weighted by Crippen LogP contribution is 2.31. The van der Waals surface area contributed by atoms with Crippen molar-refractivity contribution in [1.29, 1.82) is 0 Å². The van der Waals surface area contributed by atoms with Crippen LogP contribution in [0.25, 0.3) is 22.0 Å². The average molecular weight is 309 g/mol. The Bertz CT molecular complexity index is 919. The van der Waals surface area contributed by atoms with Crippen LogP contribution in [0.5, 0.6) is 0 Å². The third kappa shape index (κ3) is 2.68. The number of pyridine rings is 1. The molecule has 0 aliphatic carbocycles. The largest absolute Gasteiger partial charge is 0.465 e. The number of halogens is 1. The Kier molecular flexibility index (Phi) is 3.82. The highest BCUT2D eigenvalue weighted by atomic mass is 19.1. The number of fused-ring (bicyclic) bond motifs is 1. The Morgan fingerprint density at radius 1 is 1.04 bits per heavy atom. The van der Waals surface area contributed by atoms with Crippen molar-refractivity contribution in [3.05, 3.63) is 65.1 Å². The van der Waals surface area contributed by atoms with Crippen molar-refractivity contribution in [1.82, 2.24) is 4.98 Å². The molecule has 1 aromatic heterocycles. The van der Waals surface area contributed by atoms with Gasteiger partial charge in [-0.1, -0.05) is 6.07 Å². The normalized spacial score (nSPS) is 10.8. The first kappa shape index (κ1) is 15.2. The average Bonchev–Trinajstić information content (AvgIpc) is 2.55. The molecule has 1 heterocycles. The first-order valence-corrected chi connectivity index (χ1v) is 7.25. The van der Waals surface area contributed by atoms with E-state index in [1.165, 1.54) is 19.2 Å². The molecule has 0 unspecified atom stereocenters. The maximum absolute atomic E-state index is 13.4. The molecule has 0 spiro atoms. The summed E-state index contributed by atoms with van der Waals surface area (Å²) < 4.78 is 18.2. The van der Waals surface area contributed by atoms with Crippen LogP contribution in [0.4, 0.5) is 4.39 Å². The summed E-state index contributed by atoms with van der Waals surface area (Å²) in [4.78, 5) is 16.3. The molecule has 0 saturated heterocycles. The molecule has 0 radical (unpaired) electrons. The number of nitrogens with zero attached hydrogens (tertiary/aromatic N) is 1. The third-order valence-electron chi connectivity index (χ3n) is 3.95. The molecule has 0 bridgehead atoms. The SMILES string of the molecule is COC(=O)c1ccc2c(C)cnc(-c3ccc(F)cc3C)c2c1. The van der Waals surface area contributed by atoms with Crippen LogP contribution in [-0.2, 0) is 4.74 Å². The van der Waals surface area contributed by atoms with Gasteiger partial charge in [-0.15, -0.1) is 0 Å². The third-order valence-corrected chi connectivity index (χ3v) is 3.95. The number of carbonyl (C=O) groups is 1. The molecule has 3 nitrogen and oxygen atoms in total. The van der Waals surface area contributed by atoms with Gasteiger partial charge in [0.1, 0.15) is 5.82 Å². The monoisotopic (exact) mass is 309 g/mol. The molecule has 116 valence electrons. The second-order valence-corrected chi connectivity index (χ2v) is 5.50. The molecular weight excluding hydrogens is 293 g/mol. The number of hydrogen-bond acceptors (Lipinski definition) is 3. The van der Waals surface area contributed by atoms with Crippen molar-refractivity contribution in [3.63, 3.8) is 0 Å². The molecular formula is C19H16FNO2. The summed E-state index contributed by atoms with van der Waals surface area (Å²) in [6.07, 6.45) is 1.79. The van der Waals surface area contributed by atoms with Gasteiger partial charge in [0.2, 0.25) is 0 Å². The van der Waals surface area contributed by atoms with Crippen molar-refractivity contribution >= 4 is 16.7 Å². The molecule has 3 rings (SSSR count). The Morgan fingerprint density at radius 2 is 1.83 bits per heavy atom. The first-order valence-electron chi connectivity index (χ1n) is 7.25. The zero-order valence-corrected chi connectivity index (χ0v) is 13.2. The van der Waals surface area contributed by atoms with Gasteiger partial charge in [0.25, 0.3) is 0 Å². The van der Waals surface area contributed by atoms with Crippen molar-refractivity contribution in [2.24, 2.45) is 0 Å². The quantitative estimate of drug-likeness (QED) is 0.657. The van der Waals surface area contributed by atoms with Gasteiger partial charge < -0.3 is 4.74 Å². The van der Waals surface area contributed by atoms with E-state index >= 15 is 0 Å². The van der Waals surface area contributed by atoms with Crippen LogP contribution in [0.2, 0.25) is 0 Å². The summed E-state index contributed by atoms with van der Waals surface area (Å²) in [7, 11) is 1.35. The van der Waals surface area contributed by atoms with Crippen LogP contribution in [-0.4, -0.2) is 18.1 Å². The maximum Gasteiger partial charge on any atom is 0.337 e. The minimum absolute atomic E-state index is 0.280. The molecule has 0 fully saturated rings. The van der Waals surface area contributed by atoms with E-state index in [1.807, 2.05) is 19.9 Å². The number of methoxy groups -OCH3 is 1. The molecule has 0 aliphatic heterocycles. The van der Waals surface area contributed by atoms with Crippen LogP contribution in [0.3, 0.4) is 0 Å². The summed E-state index contributed by atoms with van der Waals surface area (Å²) in [5.74, 6) is -0.673. The Hall–Kier alpha value is -2.75. The van der Waals surface area contributed by atoms with Crippen LogP contribution in [0.15, 0.2) is 42.6 Å². The lowest BCUT2D eigenvalue weighted by atomic mass is 9.97. The zero-order valence-electron chi connectivity index (χ0n) is 13.2. The first-order chi connectivity index (χ1) is 11.0. The van der Waals surface area contributed by atoms with E-state index in [1.54, 1.807) is 24.4 Å². The standard InChI is InChI=1S/C19H16FNO2/c1-11-8-14(20)5-7-16(11)18-17-9-13(19(22)23-3)4-6-15(17)12(2)10-21-18/h4-10H,1-3H3. The summed E-state index contributed by atoms with van der Waals surface area (Å²) in [5.41, 5.74) is 3.85. The molecule has 0 aliphatic rings. The van der Waals surface area contributed by atoms with E-state index in [4.69, 9.17) is 4.74 Å². The van der Waals surface area contributed by atoms with Crippen molar-refractivity contribution in [2.45, 2.75) is 13.8 Å². The van der Waals surface area contributed by atoms with Gasteiger partial charge in [0.05, 0.1) is 18.4 Å². The second kappa shape index (κ2) is 5.80. The van der Waals surface area contributed by atoms with Gasteiger partial charge >= 0.3 is 5.97 Å². The molecule has 3 aromatic rings. The summed E-state index contributed by atoms with van der Waals surface area (Å²) in [6.45, 7) is 3.81. The molecule has 0 N–H and O–H groups in total. The van der Waals surface area contributed by atoms with Gasteiger partial charge in [-0.05, 0) is 60.7 Å². The van der Waals surface area contributed by atoms with E-state index in [-0.39, 0.29) is 5.82 Å². The zero-order chi connectivity index (χ0) is 16.6. The predicted octanol–water partition coefficient (Wildman–Crippen LogP) is 4.44. The maximum atomic E-state index is 13.4. The fourth-order valence-corrected chi connectivity index (χ4v) is 2.74. The number of rotatable bonds is 2. The Morgan fingerprint density at radius 3 is 2.52 bits per heavy atom. The van der Waals surface area contributed by atoms with Gasteiger partial charge in [-0.2, -0.15) is 0 Å².